The summed E-state index contributed by atoms with van der Waals surface area (Å²) in [7, 11) is 0. The van der Waals surface area contributed by atoms with Crippen molar-refractivity contribution in [2.24, 2.45) is 5.92 Å². The van der Waals surface area contributed by atoms with E-state index in [9.17, 15) is 14.4 Å². The standard InChI is InChI=1S/C24H27N3O4S2/c1-4-31-23(30)17-7-10-26(11-8-17)20(28)14-33-24-25-18-9-12-32-21(18)22(29)27(24)19-6-5-15(2)13-16(19)3/h5-6,9,12-13,17H,4,7-8,10-11,14H2,1-3H3. The third-order valence-corrected chi connectivity index (χ3v) is 7.65. The number of carbonyl (C=O) groups excluding carboxylic acids is 2. The highest BCUT2D eigenvalue weighted by atomic mass is 32.2. The van der Waals surface area contributed by atoms with Gasteiger partial charge < -0.3 is 9.64 Å². The van der Waals surface area contributed by atoms with Crippen LogP contribution in [-0.4, -0.2) is 51.8 Å². The number of aromatic nitrogens is 2. The van der Waals surface area contributed by atoms with Crippen LogP contribution in [0.2, 0.25) is 0 Å². The SMILES string of the molecule is CCOC(=O)C1CCN(C(=O)CSc2nc3ccsc3c(=O)n2-c2ccc(C)cc2C)CC1. The van der Waals surface area contributed by atoms with E-state index in [-0.39, 0.29) is 29.1 Å². The molecule has 2 aromatic heterocycles. The van der Waals surface area contributed by atoms with Gasteiger partial charge in [-0.05, 0) is 56.7 Å². The lowest BCUT2D eigenvalue weighted by atomic mass is 9.97. The van der Waals surface area contributed by atoms with Gasteiger partial charge in [0.1, 0.15) is 4.70 Å². The van der Waals surface area contributed by atoms with Crippen LogP contribution in [0.1, 0.15) is 30.9 Å². The van der Waals surface area contributed by atoms with Gasteiger partial charge in [-0.3, -0.25) is 19.0 Å². The number of ether oxygens (including phenoxy) is 1. The Kier molecular flexibility index (Phi) is 7.19. The molecule has 1 fully saturated rings. The number of nitrogens with zero attached hydrogens (tertiary/aromatic N) is 3. The molecule has 0 aliphatic carbocycles. The molecule has 9 heteroatoms. The number of piperidine rings is 1. The largest absolute Gasteiger partial charge is 0.466 e. The van der Waals surface area contributed by atoms with E-state index in [4.69, 9.17) is 9.72 Å². The van der Waals surface area contributed by atoms with Gasteiger partial charge >= 0.3 is 5.97 Å². The smallest absolute Gasteiger partial charge is 0.309 e. The van der Waals surface area contributed by atoms with Crippen molar-refractivity contribution in [1.82, 2.24) is 14.5 Å². The summed E-state index contributed by atoms with van der Waals surface area (Å²) in [5.74, 6) is -0.158. The number of hydrogen-bond acceptors (Lipinski definition) is 7. The maximum Gasteiger partial charge on any atom is 0.309 e. The number of esters is 1. The third-order valence-electron chi connectivity index (χ3n) is 5.83. The zero-order chi connectivity index (χ0) is 23.5. The van der Waals surface area contributed by atoms with E-state index >= 15 is 0 Å². The topological polar surface area (TPSA) is 81.5 Å². The molecule has 174 valence electrons. The van der Waals surface area contributed by atoms with E-state index in [1.807, 2.05) is 43.5 Å². The summed E-state index contributed by atoms with van der Waals surface area (Å²) in [6.45, 7) is 7.22. The van der Waals surface area contributed by atoms with E-state index in [0.717, 1.165) is 16.8 Å². The number of fused-ring (bicyclic) bond motifs is 1. The predicted molar refractivity (Wildman–Crippen MR) is 131 cm³/mol. The highest BCUT2D eigenvalue weighted by molar-refractivity contribution is 7.99. The van der Waals surface area contributed by atoms with E-state index < -0.39 is 0 Å². The lowest BCUT2D eigenvalue weighted by molar-refractivity contribution is -0.151. The molecule has 4 rings (SSSR count). The number of thiophene rings is 1. The molecule has 1 aliphatic rings. The Morgan fingerprint density at radius 3 is 2.67 bits per heavy atom. The third kappa shape index (κ3) is 4.99. The number of amides is 1. The van der Waals surface area contributed by atoms with Gasteiger partial charge in [-0.15, -0.1) is 11.3 Å². The monoisotopic (exact) mass is 485 g/mol. The van der Waals surface area contributed by atoms with Crippen molar-refractivity contribution in [1.29, 1.82) is 0 Å². The highest BCUT2D eigenvalue weighted by Crippen LogP contribution is 2.26. The van der Waals surface area contributed by atoms with Crippen molar-refractivity contribution in [3.63, 3.8) is 0 Å². The first-order chi connectivity index (χ1) is 15.9. The molecule has 1 amide bonds. The Bertz CT molecular complexity index is 1240. The van der Waals surface area contributed by atoms with Crippen molar-refractivity contribution in [2.45, 2.75) is 38.8 Å². The van der Waals surface area contributed by atoms with Crippen molar-refractivity contribution in [2.75, 3.05) is 25.4 Å². The van der Waals surface area contributed by atoms with Crippen LogP contribution in [0.15, 0.2) is 39.6 Å². The lowest BCUT2D eigenvalue weighted by Gasteiger charge is -2.30. The van der Waals surface area contributed by atoms with Crippen molar-refractivity contribution < 1.29 is 14.3 Å². The average molecular weight is 486 g/mol. The Hall–Kier alpha value is -2.65. The molecule has 0 radical (unpaired) electrons. The molecular weight excluding hydrogens is 458 g/mol. The molecule has 0 unspecified atom stereocenters. The number of hydrogen-bond donors (Lipinski definition) is 0. The van der Waals surface area contributed by atoms with Crippen LogP contribution in [-0.2, 0) is 14.3 Å². The molecule has 33 heavy (non-hydrogen) atoms. The van der Waals surface area contributed by atoms with Crippen LogP contribution in [0.5, 0.6) is 0 Å². The Labute approximate surface area is 200 Å². The minimum absolute atomic E-state index is 0.0193. The van der Waals surface area contributed by atoms with Gasteiger partial charge in [0.25, 0.3) is 5.56 Å². The quantitative estimate of drug-likeness (QED) is 0.299. The molecule has 1 aromatic carbocycles. The van der Waals surface area contributed by atoms with Crippen LogP contribution in [0, 0.1) is 19.8 Å². The molecule has 7 nitrogen and oxygen atoms in total. The molecule has 0 bridgehead atoms. The number of aryl methyl sites for hydroxylation is 2. The number of thioether (sulfide) groups is 1. The number of carbonyl (C=O) groups is 2. The van der Waals surface area contributed by atoms with Crippen LogP contribution < -0.4 is 5.56 Å². The average Bonchev–Trinajstić information content (AvgIpc) is 3.28. The normalized spacial score (nSPS) is 14.6. The molecule has 1 saturated heterocycles. The van der Waals surface area contributed by atoms with Gasteiger partial charge in [0, 0.05) is 13.1 Å². The van der Waals surface area contributed by atoms with Crippen molar-refractivity contribution in [3.8, 4) is 5.69 Å². The van der Waals surface area contributed by atoms with Crippen molar-refractivity contribution in [3.05, 3.63) is 51.1 Å². The second-order valence-corrected chi connectivity index (χ2v) is 10.0. The van der Waals surface area contributed by atoms with Gasteiger partial charge in [0.2, 0.25) is 5.91 Å². The number of benzene rings is 1. The van der Waals surface area contributed by atoms with Gasteiger partial charge in [-0.1, -0.05) is 29.5 Å². The summed E-state index contributed by atoms with van der Waals surface area (Å²) in [6.07, 6.45) is 1.23. The maximum absolute atomic E-state index is 13.3. The van der Waals surface area contributed by atoms with Crippen LogP contribution in [0.25, 0.3) is 15.9 Å². The second-order valence-electron chi connectivity index (χ2n) is 8.16. The summed E-state index contributed by atoms with van der Waals surface area (Å²) in [5.41, 5.74) is 3.40. The first kappa shape index (κ1) is 23.5. The molecule has 3 aromatic rings. The second kappa shape index (κ2) is 10.1. The summed E-state index contributed by atoms with van der Waals surface area (Å²) in [6, 6.07) is 7.77. The van der Waals surface area contributed by atoms with Gasteiger partial charge in [0.05, 0.1) is 29.5 Å². The first-order valence-electron chi connectivity index (χ1n) is 11.0. The maximum atomic E-state index is 13.3. The highest BCUT2D eigenvalue weighted by Gasteiger charge is 2.28. The molecule has 0 atom stereocenters. The van der Waals surface area contributed by atoms with Gasteiger partial charge in [-0.25, -0.2) is 4.98 Å². The van der Waals surface area contributed by atoms with Crippen molar-refractivity contribution >= 4 is 45.2 Å². The van der Waals surface area contributed by atoms with E-state index in [1.54, 1.807) is 16.4 Å². The minimum atomic E-state index is -0.176. The van der Waals surface area contributed by atoms with Gasteiger partial charge in [0.15, 0.2) is 5.16 Å². The molecule has 0 N–H and O–H groups in total. The molecular formula is C24H27N3O4S2. The fraction of sp³-hybridized carbons (Fsp3) is 0.417. The lowest BCUT2D eigenvalue weighted by Crippen LogP contribution is -2.41. The molecule has 0 spiro atoms. The summed E-state index contributed by atoms with van der Waals surface area (Å²) in [5, 5.41) is 2.37. The Morgan fingerprint density at radius 1 is 1.21 bits per heavy atom. The van der Waals surface area contributed by atoms with E-state index in [2.05, 4.69) is 0 Å². The van der Waals surface area contributed by atoms with Crippen LogP contribution in [0.3, 0.4) is 0 Å². The van der Waals surface area contributed by atoms with E-state index in [0.29, 0.717) is 47.9 Å². The summed E-state index contributed by atoms with van der Waals surface area (Å²) >= 11 is 2.65. The molecule has 0 saturated carbocycles. The fourth-order valence-corrected chi connectivity index (χ4v) is 5.77. The van der Waals surface area contributed by atoms with E-state index in [1.165, 1.54) is 23.1 Å². The Morgan fingerprint density at radius 2 is 1.97 bits per heavy atom. The summed E-state index contributed by atoms with van der Waals surface area (Å²) < 4.78 is 7.33. The Balaban J connectivity index is 1.54. The minimum Gasteiger partial charge on any atom is -0.466 e. The predicted octanol–water partition coefficient (Wildman–Crippen LogP) is 3.96. The fourth-order valence-electron chi connectivity index (χ4n) is 4.10. The van der Waals surface area contributed by atoms with Crippen LogP contribution in [0.4, 0.5) is 0 Å². The zero-order valence-corrected chi connectivity index (χ0v) is 20.6. The van der Waals surface area contributed by atoms with Crippen LogP contribution >= 0.6 is 23.1 Å². The summed E-state index contributed by atoms with van der Waals surface area (Å²) in [4.78, 5) is 44.7. The molecule has 1 aliphatic heterocycles. The zero-order valence-electron chi connectivity index (χ0n) is 19.0. The molecule has 3 heterocycles. The number of likely N-dealkylation sites (tertiary alicyclic amines) is 1. The first-order valence-corrected chi connectivity index (χ1v) is 12.9. The van der Waals surface area contributed by atoms with Gasteiger partial charge in [-0.2, -0.15) is 0 Å². The number of rotatable bonds is 6.